The standard InChI is InChI=1S/C15H27N3O/c1-5-9-12-11-14(16-10-6-2)18-15(17-12)13(7-3)19-8-4/h11,13H,5-10H2,1-4H3,(H,16,17,18). The highest BCUT2D eigenvalue weighted by atomic mass is 16.5. The van der Waals surface area contributed by atoms with Crippen LogP contribution in [0.15, 0.2) is 6.07 Å². The van der Waals surface area contributed by atoms with Crippen molar-refractivity contribution in [1.29, 1.82) is 0 Å². The van der Waals surface area contributed by atoms with Crippen LogP contribution in [0.4, 0.5) is 5.82 Å². The lowest BCUT2D eigenvalue weighted by molar-refractivity contribution is 0.0534. The summed E-state index contributed by atoms with van der Waals surface area (Å²) in [6.45, 7) is 10.1. The van der Waals surface area contributed by atoms with Crippen molar-refractivity contribution in [3.05, 3.63) is 17.6 Å². The van der Waals surface area contributed by atoms with Gasteiger partial charge in [-0.15, -0.1) is 0 Å². The van der Waals surface area contributed by atoms with Gasteiger partial charge in [0.2, 0.25) is 0 Å². The number of aryl methyl sites for hydroxylation is 1. The molecule has 1 heterocycles. The number of rotatable bonds is 9. The molecule has 0 spiro atoms. The molecule has 1 aromatic heterocycles. The highest BCUT2D eigenvalue weighted by molar-refractivity contribution is 5.36. The van der Waals surface area contributed by atoms with Crippen molar-refractivity contribution in [1.82, 2.24) is 9.97 Å². The van der Waals surface area contributed by atoms with Gasteiger partial charge in [-0.1, -0.05) is 27.2 Å². The van der Waals surface area contributed by atoms with E-state index in [4.69, 9.17) is 4.74 Å². The number of hydrogen-bond acceptors (Lipinski definition) is 4. The SMILES string of the molecule is CCCNc1cc(CCC)nc(C(CC)OCC)n1. The van der Waals surface area contributed by atoms with Crippen LogP contribution in [-0.2, 0) is 11.2 Å². The van der Waals surface area contributed by atoms with Crippen molar-refractivity contribution in [2.45, 2.75) is 59.5 Å². The second kappa shape index (κ2) is 8.86. The van der Waals surface area contributed by atoms with Gasteiger partial charge in [0.05, 0.1) is 0 Å². The fourth-order valence-electron chi connectivity index (χ4n) is 1.97. The Balaban J connectivity index is 2.96. The summed E-state index contributed by atoms with van der Waals surface area (Å²) < 4.78 is 5.72. The van der Waals surface area contributed by atoms with E-state index in [2.05, 4.69) is 42.1 Å². The molecule has 108 valence electrons. The first-order valence-corrected chi connectivity index (χ1v) is 7.48. The van der Waals surface area contributed by atoms with Gasteiger partial charge in [-0.05, 0) is 26.2 Å². The van der Waals surface area contributed by atoms with Crippen molar-refractivity contribution >= 4 is 5.82 Å². The Morgan fingerprint density at radius 2 is 1.95 bits per heavy atom. The summed E-state index contributed by atoms with van der Waals surface area (Å²) in [5, 5.41) is 3.35. The average molecular weight is 265 g/mol. The van der Waals surface area contributed by atoms with Crippen LogP contribution in [0.3, 0.4) is 0 Å². The molecular weight excluding hydrogens is 238 g/mol. The van der Waals surface area contributed by atoms with E-state index < -0.39 is 0 Å². The quantitative estimate of drug-likeness (QED) is 0.739. The van der Waals surface area contributed by atoms with E-state index in [0.29, 0.717) is 6.61 Å². The number of aromatic nitrogens is 2. The Morgan fingerprint density at radius 1 is 1.16 bits per heavy atom. The number of nitrogens with zero attached hydrogens (tertiary/aromatic N) is 2. The van der Waals surface area contributed by atoms with Gasteiger partial charge >= 0.3 is 0 Å². The Kier molecular flexibility index (Phi) is 7.41. The summed E-state index contributed by atoms with van der Waals surface area (Å²) in [6.07, 6.45) is 4.07. The lowest BCUT2D eigenvalue weighted by Crippen LogP contribution is -2.12. The molecule has 4 nitrogen and oxygen atoms in total. The van der Waals surface area contributed by atoms with Gasteiger partial charge in [-0.3, -0.25) is 0 Å². The van der Waals surface area contributed by atoms with Crippen molar-refractivity contribution in [3.63, 3.8) is 0 Å². The van der Waals surface area contributed by atoms with Crippen LogP contribution >= 0.6 is 0 Å². The highest BCUT2D eigenvalue weighted by Gasteiger charge is 2.14. The van der Waals surface area contributed by atoms with E-state index in [9.17, 15) is 0 Å². The predicted molar refractivity (Wildman–Crippen MR) is 79.5 cm³/mol. The van der Waals surface area contributed by atoms with Crippen LogP contribution in [-0.4, -0.2) is 23.1 Å². The monoisotopic (exact) mass is 265 g/mol. The molecule has 1 N–H and O–H groups in total. The first-order valence-electron chi connectivity index (χ1n) is 7.48. The molecule has 19 heavy (non-hydrogen) atoms. The average Bonchev–Trinajstić information content (AvgIpc) is 2.42. The third kappa shape index (κ3) is 5.15. The molecule has 4 heteroatoms. The van der Waals surface area contributed by atoms with Crippen LogP contribution < -0.4 is 5.32 Å². The van der Waals surface area contributed by atoms with Crippen molar-refractivity contribution in [2.75, 3.05) is 18.5 Å². The van der Waals surface area contributed by atoms with Gasteiger partial charge in [-0.2, -0.15) is 0 Å². The zero-order chi connectivity index (χ0) is 14.1. The maximum absolute atomic E-state index is 5.72. The van der Waals surface area contributed by atoms with Crippen LogP contribution in [0, 0.1) is 0 Å². The Bertz CT molecular complexity index is 368. The lowest BCUT2D eigenvalue weighted by Gasteiger charge is -2.16. The first-order chi connectivity index (χ1) is 9.24. The zero-order valence-corrected chi connectivity index (χ0v) is 12.7. The summed E-state index contributed by atoms with van der Waals surface area (Å²) in [5.74, 6) is 1.74. The Morgan fingerprint density at radius 3 is 2.53 bits per heavy atom. The van der Waals surface area contributed by atoms with Gasteiger partial charge in [0.1, 0.15) is 11.9 Å². The number of anilines is 1. The molecule has 0 fully saturated rings. The highest BCUT2D eigenvalue weighted by Crippen LogP contribution is 2.20. The second-order valence-corrected chi connectivity index (χ2v) is 4.63. The maximum atomic E-state index is 5.72. The van der Waals surface area contributed by atoms with Gasteiger partial charge in [0, 0.05) is 24.9 Å². The van der Waals surface area contributed by atoms with Crippen molar-refractivity contribution < 1.29 is 4.74 Å². The van der Waals surface area contributed by atoms with E-state index in [-0.39, 0.29) is 6.10 Å². The number of nitrogens with one attached hydrogen (secondary N) is 1. The molecule has 1 aromatic rings. The van der Waals surface area contributed by atoms with Gasteiger partial charge in [-0.25, -0.2) is 9.97 Å². The molecule has 0 aliphatic carbocycles. The van der Waals surface area contributed by atoms with E-state index in [1.807, 2.05) is 6.92 Å². The normalized spacial score (nSPS) is 12.4. The smallest absolute Gasteiger partial charge is 0.159 e. The molecular formula is C15H27N3O. The van der Waals surface area contributed by atoms with Gasteiger partial charge < -0.3 is 10.1 Å². The summed E-state index contributed by atoms with van der Waals surface area (Å²) in [7, 11) is 0. The minimum atomic E-state index is 0.00369. The molecule has 0 bridgehead atoms. The predicted octanol–water partition coefficient (Wildman–Crippen LogP) is 3.74. The van der Waals surface area contributed by atoms with Crippen LogP contribution in [0.2, 0.25) is 0 Å². The molecule has 1 rings (SSSR count). The van der Waals surface area contributed by atoms with E-state index >= 15 is 0 Å². The maximum Gasteiger partial charge on any atom is 0.159 e. The zero-order valence-electron chi connectivity index (χ0n) is 12.7. The van der Waals surface area contributed by atoms with E-state index in [1.165, 1.54) is 0 Å². The van der Waals surface area contributed by atoms with E-state index in [1.54, 1.807) is 0 Å². The summed E-state index contributed by atoms with van der Waals surface area (Å²) in [5.41, 5.74) is 1.10. The Hall–Kier alpha value is -1.16. The molecule has 0 aliphatic rings. The summed E-state index contributed by atoms with van der Waals surface area (Å²) >= 11 is 0. The summed E-state index contributed by atoms with van der Waals surface area (Å²) in [6, 6.07) is 2.06. The minimum absolute atomic E-state index is 0.00369. The molecule has 0 radical (unpaired) electrons. The van der Waals surface area contributed by atoms with Crippen LogP contribution in [0.25, 0.3) is 0 Å². The molecule has 0 aromatic carbocycles. The lowest BCUT2D eigenvalue weighted by atomic mass is 10.2. The third-order valence-corrected chi connectivity index (χ3v) is 2.89. The minimum Gasteiger partial charge on any atom is -0.371 e. The topological polar surface area (TPSA) is 47.0 Å². The van der Waals surface area contributed by atoms with Gasteiger partial charge in [0.15, 0.2) is 5.82 Å². The van der Waals surface area contributed by atoms with Gasteiger partial charge in [0.25, 0.3) is 0 Å². The third-order valence-electron chi connectivity index (χ3n) is 2.89. The molecule has 0 saturated carbocycles. The number of ether oxygens (including phenoxy) is 1. The first kappa shape index (κ1) is 15.9. The van der Waals surface area contributed by atoms with Crippen LogP contribution in [0.5, 0.6) is 0 Å². The summed E-state index contributed by atoms with van der Waals surface area (Å²) in [4.78, 5) is 9.24. The molecule has 0 saturated heterocycles. The van der Waals surface area contributed by atoms with Crippen LogP contribution in [0.1, 0.15) is 64.6 Å². The van der Waals surface area contributed by atoms with E-state index in [0.717, 1.165) is 49.6 Å². The molecule has 1 unspecified atom stereocenters. The fourth-order valence-corrected chi connectivity index (χ4v) is 1.97. The fraction of sp³-hybridized carbons (Fsp3) is 0.733. The molecule has 1 atom stereocenters. The Labute approximate surface area is 117 Å². The largest absolute Gasteiger partial charge is 0.371 e. The second-order valence-electron chi connectivity index (χ2n) is 4.63. The van der Waals surface area contributed by atoms with Crippen molar-refractivity contribution in [3.8, 4) is 0 Å². The van der Waals surface area contributed by atoms with Crippen molar-refractivity contribution in [2.24, 2.45) is 0 Å². The molecule has 0 aliphatic heterocycles. The number of hydrogen-bond donors (Lipinski definition) is 1. The molecule has 0 amide bonds.